The summed E-state index contributed by atoms with van der Waals surface area (Å²) in [5.41, 5.74) is 5.23. The van der Waals surface area contributed by atoms with E-state index in [-0.39, 0.29) is 0 Å². The average Bonchev–Trinajstić information content (AvgIpc) is 2.90. The molecule has 0 unspecified atom stereocenters. The third-order valence-corrected chi connectivity index (χ3v) is 8.87. The third-order valence-electron chi connectivity index (χ3n) is 8.87. The molecule has 5 fully saturated rings. The van der Waals surface area contributed by atoms with Gasteiger partial charge in [0.05, 0.1) is 0 Å². The quantitative estimate of drug-likeness (QED) is 0.499. The molecule has 0 radical (unpaired) electrons. The van der Waals surface area contributed by atoms with Crippen LogP contribution in [0.1, 0.15) is 57.8 Å². The summed E-state index contributed by atoms with van der Waals surface area (Å²) in [5, 5.41) is 0.771. The van der Waals surface area contributed by atoms with E-state index in [0.29, 0.717) is 0 Å². The Morgan fingerprint density at radius 2 is 1.59 bits per heavy atom. The highest BCUT2D eigenvalue weighted by molar-refractivity contribution is 6.17. The van der Waals surface area contributed by atoms with E-state index in [4.69, 9.17) is 0 Å². The molecule has 88 valence electrons. The van der Waals surface area contributed by atoms with Gasteiger partial charge < -0.3 is 0 Å². The molecule has 0 saturated heterocycles. The number of hydrogen-bond donors (Lipinski definition) is 0. The van der Waals surface area contributed by atoms with Crippen LogP contribution in [0.25, 0.3) is 0 Å². The van der Waals surface area contributed by atoms with E-state index in [9.17, 15) is 0 Å². The Balaban J connectivity index is 1.50. The van der Waals surface area contributed by atoms with Gasteiger partial charge in [0, 0.05) is 5.41 Å². The molecule has 0 aromatic carbocycles. The molecule has 0 amide bonds. The molecule has 1 heteroatoms. The Morgan fingerprint density at radius 1 is 0.882 bits per heavy atom. The minimum atomic E-state index is 0.745. The topological polar surface area (TPSA) is 0 Å². The second kappa shape index (κ2) is 1.89. The molecular weight excluding hydrogens is 203 g/mol. The third kappa shape index (κ3) is 0.553. The summed E-state index contributed by atoms with van der Waals surface area (Å²) >= 11 is 0. The van der Waals surface area contributed by atoms with Crippen LogP contribution in [0.4, 0.5) is 0 Å². The Labute approximate surface area is 105 Å². The fourth-order valence-corrected chi connectivity index (χ4v) is 7.12. The highest BCUT2D eigenvalue weighted by Crippen LogP contribution is 3.01. The highest BCUT2D eigenvalue weighted by Gasteiger charge is 2.92. The van der Waals surface area contributed by atoms with E-state index in [2.05, 4.69) is 13.9 Å². The lowest BCUT2D eigenvalue weighted by atomic mass is 9.22. The highest BCUT2D eigenvalue weighted by atomic mass is 14.9. The van der Waals surface area contributed by atoms with Crippen molar-refractivity contribution in [3.8, 4) is 0 Å². The molecule has 0 aromatic heterocycles. The van der Waals surface area contributed by atoms with Crippen LogP contribution in [0.2, 0.25) is 5.31 Å². The first kappa shape index (κ1) is 8.83. The summed E-state index contributed by atoms with van der Waals surface area (Å²) in [6.07, 6.45) is 16.8. The SMILES string of the molecule is BC12CCC1(C1(C3=CC45CC34C5)CCC1)CC2. The summed E-state index contributed by atoms with van der Waals surface area (Å²) in [6, 6.07) is 0. The van der Waals surface area contributed by atoms with Crippen molar-refractivity contribution in [3.63, 3.8) is 0 Å². The van der Waals surface area contributed by atoms with E-state index in [1.165, 1.54) is 6.42 Å². The molecule has 0 N–H and O–H groups in total. The monoisotopic (exact) mass is 224 g/mol. The summed E-state index contributed by atoms with van der Waals surface area (Å²) < 4.78 is 0. The predicted molar refractivity (Wildman–Crippen MR) is 70.6 cm³/mol. The van der Waals surface area contributed by atoms with Crippen LogP contribution < -0.4 is 0 Å². The molecule has 0 aromatic rings. The summed E-state index contributed by atoms with van der Waals surface area (Å²) in [5.74, 6) is 0. The Hall–Kier alpha value is -0.195. The Bertz CT molecular complexity index is 494. The van der Waals surface area contributed by atoms with Gasteiger partial charge in [0.15, 0.2) is 0 Å². The molecule has 17 heavy (non-hydrogen) atoms. The van der Waals surface area contributed by atoms with Crippen LogP contribution >= 0.6 is 0 Å². The average molecular weight is 224 g/mol. The van der Waals surface area contributed by atoms with Gasteiger partial charge in [0.2, 0.25) is 0 Å². The molecule has 0 bridgehead atoms. The summed E-state index contributed by atoms with van der Waals surface area (Å²) in [4.78, 5) is 0. The predicted octanol–water partition coefficient (Wildman–Crippen LogP) is 3.24. The molecule has 5 saturated carbocycles. The van der Waals surface area contributed by atoms with Gasteiger partial charge in [-0.25, -0.2) is 0 Å². The van der Waals surface area contributed by atoms with Gasteiger partial charge in [-0.2, -0.15) is 0 Å². The first-order valence-corrected chi connectivity index (χ1v) is 7.86. The molecule has 0 aliphatic heterocycles. The fourth-order valence-electron chi connectivity index (χ4n) is 7.12. The zero-order chi connectivity index (χ0) is 11.1. The van der Waals surface area contributed by atoms with Crippen molar-refractivity contribution in [2.75, 3.05) is 0 Å². The first-order valence-electron chi connectivity index (χ1n) is 7.86. The molecule has 0 spiro atoms. The van der Waals surface area contributed by atoms with Crippen LogP contribution in [0, 0.1) is 21.7 Å². The Kier molecular flexibility index (Phi) is 0.982. The molecular formula is C16H21B. The van der Waals surface area contributed by atoms with Gasteiger partial charge >= 0.3 is 0 Å². The smallest absolute Gasteiger partial charge is 0.0770 e. The van der Waals surface area contributed by atoms with Crippen molar-refractivity contribution in [2.45, 2.75) is 63.1 Å². The van der Waals surface area contributed by atoms with Crippen LogP contribution in [0.15, 0.2) is 11.6 Å². The van der Waals surface area contributed by atoms with Crippen molar-refractivity contribution >= 4 is 7.85 Å². The van der Waals surface area contributed by atoms with Gasteiger partial charge in [0.1, 0.15) is 7.85 Å². The lowest BCUT2D eigenvalue weighted by Crippen LogP contribution is -2.66. The zero-order valence-electron chi connectivity index (χ0n) is 10.9. The molecule has 0 nitrogen and oxygen atoms in total. The largest absolute Gasteiger partial charge is 0.110 e. The zero-order valence-corrected chi connectivity index (χ0v) is 10.9. The molecule has 6 aliphatic rings. The maximum Gasteiger partial charge on any atom is 0.110 e. The van der Waals surface area contributed by atoms with Gasteiger partial charge in [-0.3, -0.25) is 0 Å². The van der Waals surface area contributed by atoms with E-state index < -0.39 is 0 Å². The van der Waals surface area contributed by atoms with E-state index in [0.717, 1.165) is 27.0 Å². The Morgan fingerprint density at radius 3 is 1.82 bits per heavy atom. The number of rotatable bonds is 2. The van der Waals surface area contributed by atoms with E-state index in [1.807, 2.05) is 5.57 Å². The van der Waals surface area contributed by atoms with Crippen LogP contribution in [-0.4, -0.2) is 7.85 Å². The normalized spacial score (nSPS) is 66.7. The number of fused-ring (bicyclic) bond motifs is 1. The maximum atomic E-state index is 2.78. The van der Waals surface area contributed by atoms with Gasteiger partial charge in [-0.05, 0) is 54.8 Å². The first-order chi connectivity index (χ1) is 8.12. The molecule has 6 rings (SSSR count). The lowest BCUT2D eigenvalue weighted by molar-refractivity contribution is -0.181. The van der Waals surface area contributed by atoms with Crippen molar-refractivity contribution in [1.82, 2.24) is 0 Å². The van der Waals surface area contributed by atoms with Gasteiger partial charge in [-0.15, -0.1) is 0 Å². The van der Waals surface area contributed by atoms with E-state index in [1.54, 1.807) is 51.4 Å². The number of hydrogen-bond acceptors (Lipinski definition) is 0. The fraction of sp³-hybridized carbons (Fsp3) is 0.875. The molecule has 0 heterocycles. The van der Waals surface area contributed by atoms with Crippen LogP contribution in [0.5, 0.6) is 0 Å². The lowest BCUT2D eigenvalue weighted by Gasteiger charge is -2.78. The van der Waals surface area contributed by atoms with Crippen molar-refractivity contribution in [3.05, 3.63) is 11.6 Å². The summed E-state index contributed by atoms with van der Waals surface area (Å²) in [6.45, 7) is 0. The minimum Gasteiger partial charge on any atom is -0.0770 e. The minimum absolute atomic E-state index is 0.745. The maximum absolute atomic E-state index is 2.78. The van der Waals surface area contributed by atoms with Crippen LogP contribution in [0.3, 0.4) is 0 Å². The van der Waals surface area contributed by atoms with Crippen molar-refractivity contribution < 1.29 is 0 Å². The summed E-state index contributed by atoms with van der Waals surface area (Å²) in [7, 11) is 2.62. The molecule has 6 aliphatic carbocycles. The number of allylic oxidation sites excluding steroid dienone is 2. The van der Waals surface area contributed by atoms with Gasteiger partial charge in [0.25, 0.3) is 0 Å². The van der Waals surface area contributed by atoms with Crippen molar-refractivity contribution in [2.24, 2.45) is 21.7 Å². The molecule has 0 atom stereocenters. The standard InChI is InChI=1S/C16H21B/c17-16-6-4-15(16,5-7-16)13(2-1-3-13)11-8-12-9-14(11,12)10-12/h8H,1-7,9-10,17H2. The van der Waals surface area contributed by atoms with Gasteiger partial charge in [-0.1, -0.05) is 36.2 Å². The van der Waals surface area contributed by atoms with E-state index >= 15 is 0 Å². The second-order valence-corrected chi connectivity index (χ2v) is 8.73. The van der Waals surface area contributed by atoms with Crippen molar-refractivity contribution in [1.29, 1.82) is 0 Å². The second-order valence-electron chi connectivity index (χ2n) is 8.73. The van der Waals surface area contributed by atoms with Crippen LogP contribution in [-0.2, 0) is 0 Å².